The molecule has 1 amide bonds. The molecule has 0 aliphatic carbocycles. The van der Waals surface area contributed by atoms with Crippen LogP contribution in [0, 0.1) is 0 Å². The Morgan fingerprint density at radius 3 is 2.42 bits per heavy atom. The molecule has 172 valence electrons. The highest BCUT2D eigenvalue weighted by Crippen LogP contribution is 2.37. The van der Waals surface area contributed by atoms with E-state index in [-0.39, 0.29) is 16.5 Å². The molecule has 0 saturated carbocycles. The number of amides is 1. The maximum absolute atomic E-state index is 13.1. The van der Waals surface area contributed by atoms with Crippen LogP contribution in [-0.4, -0.2) is 14.3 Å². The molecule has 0 saturated heterocycles. The Morgan fingerprint density at radius 2 is 1.76 bits per heavy atom. The van der Waals surface area contributed by atoms with Crippen LogP contribution in [0.5, 0.6) is 0 Å². The number of nitrogens with one attached hydrogen (secondary N) is 3. The van der Waals surface area contributed by atoms with Gasteiger partial charge in [-0.1, -0.05) is 31.2 Å². The normalized spacial score (nSPS) is 17.0. The Bertz CT molecular complexity index is 1310. The molecule has 0 unspecified atom stereocenters. The molecule has 0 aromatic heterocycles. The minimum absolute atomic E-state index is 0.147. The van der Waals surface area contributed by atoms with Gasteiger partial charge in [0.2, 0.25) is 10.0 Å². The first-order valence-electron chi connectivity index (χ1n) is 10.1. The molecule has 3 aromatic rings. The molecule has 3 aromatic carbocycles. The van der Waals surface area contributed by atoms with Crippen molar-refractivity contribution in [1.29, 1.82) is 0 Å². The Hall–Kier alpha value is -3.37. The largest absolute Gasteiger partial charge is 0.416 e. The van der Waals surface area contributed by atoms with Gasteiger partial charge in [0.25, 0.3) is 5.91 Å². The standard InChI is InChI=1S/C23H20F3N3O3S/c1-2-14-4-3-5-18(12-14)27-22(30)16-8-6-15(7-9-16)21-28-19-13-17(23(24,25)26)10-11-20(19)33(31,32)29-21/h3-13,21,28-29H,2H2,1H3,(H,27,30)/t21-/m1/s1. The van der Waals surface area contributed by atoms with Crippen LogP contribution in [-0.2, 0) is 22.6 Å². The fraction of sp³-hybridized carbons (Fsp3) is 0.174. The van der Waals surface area contributed by atoms with Crippen LogP contribution in [0.4, 0.5) is 24.5 Å². The van der Waals surface area contributed by atoms with Crippen LogP contribution in [0.3, 0.4) is 0 Å². The molecule has 1 aliphatic rings. The highest BCUT2D eigenvalue weighted by atomic mass is 32.2. The van der Waals surface area contributed by atoms with Gasteiger partial charge in [0, 0.05) is 11.3 Å². The van der Waals surface area contributed by atoms with Gasteiger partial charge in [0.15, 0.2) is 0 Å². The van der Waals surface area contributed by atoms with E-state index in [1.165, 1.54) is 24.3 Å². The van der Waals surface area contributed by atoms with Crippen LogP contribution >= 0.6 is 0 Å². The molecule has 1 heterocycles. The van der Waals surface area contributed by atoms with Gasteiger partial charge in [0.1, 0.15) is 11.1 Å². The number of alkyl halides is 3. The van der Waals surface area contributed by atoms with Crippen molar-refractivity contribution in [1.82, 2.24) is 4.72 Å². The van der Waals surface area contributed by atoms with Crippen molar-refractivity contribution < 1.29 is 26.4 Å². The molecular weight excluding hydrogens is 455 g/mol. The summed E-state index contributed by atoms with van der Waals surface area (Å²) in [6.07, 6.45) is -4.77. The van der Waals surface area contributed by atoms with Gasteiger partial charge in [-0.05, 0) is 60.0 Å². The molecule has 0 radical (unpaired) electrons. The van der Waals surface area contributed by atoms with Crippen LogP contribution in [0.15, 0.2) is 71.6 Å². The number of benzene rings is 3. The summed E-state index contributed by atoms with van der Waals surface area (Å²) in [5, 5.41) is 5.60. The molecule has 10 heteroatoms. The van der Waals surface area contributed by atoms with E-state index in [0.717, 1.165) is 30.2 Å². The second kappa shape index (κ2) is 8.53. The van der Waals surface area contributed by atoms with Crippen LogP contribution in [0.2, 0.25) is 0 Å². The number of carbonyl (C=O) groups is 1. The Kier molecular flexibility index (Phi) is 5.89. The molecular formula is C23H20F3N3O3S. The van der Waals surface area contributed by atoms with Crippen LogP contribution in [0.1, 0.15) is 40.1 Å². The third-order valence-corrected chi connectivity index (χ3v) is 6.75. The number of aryl methyl sites for hydroxylation is 1. The van der Waals surface area contributed by atoms with Crippen LogP contribution in [0.25, 0.3) is 0 Å². The lowest BCUT2D eigenvalue weighted by Crippen LogP contribution is -2.38. The van der Waals surface area contributed by atoms with Crippen molar-refractivity contribution in [2.75, 3.05) is 10.6 Å². The number of hydrogen-bond acceptors (Lipinski definition) is 4. The van der Waals surface area contributed by atoms with Crippen molar-refractivity contribution >= 4 is 27.3 Å². The Labute approximate surface area is 188 Å². The van der Waals surface area contributed by atoms with E-state index in [9.17, 15) is 26.4 Å². The van der Waals surface area contributed by atoms with Gasteiger partial charge < -0.3 is 10.6 Å². The third kappa shape index (κ3) is 4.86. The molecule has 1 atom stereocenters. The summed E-state index contributed by atoms with van der Waals surface area (Å²) in [5.74, 6) is -0.341. The number of anilines is 2. The highest BCUT2D eigenvalue weighted by molar-refractivity contribution is 7.89. The summed E-state index contributed by atoms with van der Waals surface area (Å²) < 4.78 is 66.7. The first-order valence-corrected chi connectivity index (χ1v) is 11.6. The minimum Gasteiger partial charge on any atom is -0.364 e. The molecule has 0 spiro atoms. The average molecular weight is 475 g/mol. The lowest BCUT2D eigenvalue weighted by molar-refractivity contribution is -0.137. The zero-order valence-electron chi connectivity index (χ0n) is 17.4. The first kappa shape index (κ1) is 22.8. The van der Waals surface area contributed by atoms with E-state index in [1.807, 2.05) is 25.1 Å². The average Bonchev–Trinajstić information content (AvgIpc) is 2.78. The fourth-order valence-corrected chi connectivity index (χ4v) is 4.79. The third-order valence-electron chi connectivity index (χ3n) is 5.27. The number of halogens is 3. The summed E-state index contributed by atoms with van der Waals surface area (Å²) >= 11 is 0. The van der Waals surface area contributed by atoms with Crippen molar-refractivity contribution in [3.8, 4) is 0 Å². The van der Waals surface area contributed by atoms with E-state index >= 15 is 0 Å². The van der Waals surface area contributed by atoms with Gasteiger partial charge in [0.05, 0.1) is 11.3 Å². The number of fused-ring (bicyclic) bond motifs is 1. The molecule has 33 heavy (non-hydrogen) atoms. The zero-order chi connectivity index (χ0) is 23.8. The summed E-state index contributed by atoms with van der Waals surface area (Å²) in [4.78, 5) is 12.3. The summed E-state index contributed by atoms with van der Waals surface area (Å²) in [6.45, 7) is 2.01. The zero-order valence-corrected chi connectivity index (χ0v) is 18.2. The number of hydrogen-bond donors (Lipinski definition) is 3. The van der Waals surface area contributed by atoms with Crippen molar-refractivity contribution in [2.45, 2.75) is 30.6 Å². The molecule has 1 aliphatic heterocycles. The first-order chi connectivity index (χ1) is 15.6. The lowest BCUT2D eigenvalue weighted by Gasteiger charge is -2.29. The summed E-state index contributed by atoms with van der Waals surface area (Å²) in [5.41, 5.74) is 1.41. The maximum atomic E-state index is 13.1. The van der Waals surface area contributed by atoms with Gasteiger partial charge in [-0.25, -0.2) is 8.42 Å². The van der Waals surface area contributed by atoms with E-state index in [0.29, 0.717) is 16.8 Å². The predicted molar refractivity (Wildman–Crippen MR) is 118 cm³/mol. The Balaban J connectivity index is 1.55. The topological polar surface area (TPSA) is 87.3 Å². The van der Waals surface area contributed by atoms with Crippen LogP contribution < -0.4 is 15.4 Å². The summed E-state index contributed by atoms with van der Waals surface area (Å²) in [7, 11) is -4.03. The van der Waals surface area contributed by atoms with E-state index in [4.69, 9.17) is 0 Å². The highest BCUT2D eigenvalue weighted by Gasteiger charge is 2.35. The lowest BCUT2D eigenvalue weighted by atomic mass is 10.1. The van der Waals surface area contributed by atoms with E-state index in [1.54, 1.807) is 6.07 Å². The molecule has 3 N–H and O–H groups in total. The monoisotopic (exact) mass is 475 g/mol. The Morgan fingerprint density at radius 1 is 1.03 bits per heavy atom. The second-order valence-electron chi connectivity index (χ2n) is 7.54. The molecule has 6 nitrogen and oxygen atoms in total. The molecule has 0 fully saturated rings. The quantitative estimate of drug-likeness (QED) is 0.500. The second-order valence-corrected chi connectivity index (χ2v) is 9.22. The van der Waals surface area contributed by atoms with Gasteiger partial charge in [-0.3, -0.25) is 4.79 Å². The van der Waals surface area contributed by atoms with Crippen molar-refractivity contribution in [3.05, 3.63) is 89.0 Å². The van der Waals surface area contributed by atoms with Crippen molar-refractivity contribution in [2.24, 2.45) is 0 Å². The van der Waals surface area contributed by atoms with Gasteiger partial charge >= 0.3 is 6.18 Å². The number of carbonyl (C=O) groups excluding carboxylic acids is 1. The van der Waals surface area contributed by atoms with E-state index in [2.05, 4.69) is 15.4 Å². The molecule has 4 rings (SSSR count). The molecule has 0 bridgehead atoms. The maximum Gasteiger partial charge on any atom is 0.416 e. The van der Waals surface area contributed by atoms with E-state index < -0.39 is 27.9 Å². The fourth-order valence-electron chi connectivity index (χ4n) is 3.51. The summed E-state index contributed by atoms with van der Waals surface area (Å²) in [6, 6.07) is 16.0. The number of rotatable bonds is 4. The smallest absolute Gasteiger partial charge is 0.364 e. The SMILES string of the molecule is CCc1cccc(NC(=O)c2ccc([C@@H]3Nc4cc(C(F)(F)F)ccc4S(=O)(=O)N3)cc2)c1. The van der Waals surface area contributed by atoms with Gasteiger partial charge in [-0.2, -0.15) is 17.9 Å². The van der Waals surface area contributed by atoms with Gasteiger partial charge in [-0.15, -0.1) is 0 Å². The number of sulfonamides is 1. The van der Waals surface area contributed by atoms with Crippen molar-refractivity contribution in [3.63, 3.8) is 0 Å². The minimum atomic E-state index is -4.60. The predicted octanol–water partition coefficient (Wildman–Crippen LogP) is 4.92.